The van der Waals surface area contributed by atoms with E-state index in [1.165, 1.54) is 29.4 Å². The summed E-state index contributed by atoms with van der Waals surface area (Å²) in [6, 6.07) is 6.39. The van der Waals surface area contributed by atoms with Gasteiger partial charge in [0, 0.05) is 29.1 Å². The van der Waals surface area contributed by atoms with Gasteiger partial charge in [-0.2, -0.15) is 0 Å². The van der Waals surface area contributed by atoms with Crippen LogP contribution in [0.3, 0.4) is 0 Å². The Morgan fingerprint density at radius 2 is 2.17 bits per heavy atom. The lowest BCUT2D eigenvalue weighted by molar-refractivity contribution is 0.0983. The minimum atomic E-state index is -0.479. The maximum absolute atomic E-state index is 14.0. The first-order chi connectivity index (χ1) is 11.5. The predicted molar refractivity (Wildman–Crippen MR) is 92.6 cm³/mol. The zero-order chi connectivity index (χ0) is 17.3. The molecule has 0 fully saturated rings. The van der Waals surface area contributed by atoms with Crippen LogP contribution in [0.1, 0.15) is 34.0 Å². The molecular weight excluding hydrogens is 329 g/mol. The first-order valence-electron chi connectivity index (χ1n) is 7.87. The zero-order valence-corrected chi connectivity index (χ0v) is 14.8. The Kier molecular flexibility index (Phi) is 4.87. The molecule has 0 N–H and O–H groups in total. The van der Waals surface area contributed by atoms with Gasteiger partial charge in [0.05, 0.1) is 25.2 Å². The van der Waals surface area contributed by atoms with Crippen LogP contribution in [0.5, 0.6) is 5.75 Å². The molecule has 0 unspecified atom stereocenters. The molecule has 4 nitrogen and oxygen atoms in total. The summed E-state index contributed by atoms with van der Waals surface area (Å²) in [4.78, 5) is 16.5. The molecule has 1 aromatic heterocycles. The van der Waals surface area contributed by atoms with E-state index in [9.17, 15) is 9.18 Å². The Bertz CT molecular complexity index is 733. The molecule has 0 saturated carbocycles. The predicted octanol–water partition coefficient (Wildman–Crippen LogP) is 4.02. The number of carbonyl (C=O) groups excluding carboxylic acids is 1. The second-order valence-corrected chi connectivity index (χ2v) is 7.09. The molecular formula is C18H20FNO3S. The first kappa shape index (κ1) is 16.9. The molecule has 24 heavy (non-hydrogen) atoms. The van der Waals surface area contributed by atoms with Crippen molar-refractivity contribution in [2.45, 2.75) is 32.9 Å². The summed E-state index contributed by atoms with van der Waals surface area (Å²) in [6.07, 6.45) is 0.839. The lowest BCUT2D eigenvalue weighted by Crippen LogP contribution is -2.36. The Morgan fingerprint density at radius 3 is 2.79 bits per heavy atom. The maximum atomic E-state index is 14.0. The van der Waals surface area contributed by atoms with Crippen molar-refractivity contribution in [2.75, 3.05) is 18.6 Å². The number of hydrogen-bond acceptors (Lipinski definition) is 4. The van der Waals surface area contributed by atoms with Gasteiger partial charge in [-0.25, -0.2) is 4.39 Å². The summed E-state index contributed by atoms with van der Waals surface area (Å²) in [5.74, 6) is -0.431. The van der Waals surface area contributed by atoms with Crippen LogP contribution in [-0.2, 0) is 17.8 Å². The number of thiophene rings is 1. The lowest BCUT2D eigenvalue weighted by atomic mass is 10.1. The van der Waals surface area contributed by atoms with Crippen molar-refractivity contribution in [2.24, 2.45) is 0 Å². The van der Waals surface area contributed by atoms with E-state index in [4.69, 9.17) is 9.47 Å². The third-order valence-electron chi connectivity index (χ3n) is 3.99. The van der Waals surface area contributed by atoms with Gasteiger partial charge >= 0.3 is 0 Å². The number of hydrogen-bond donors (Lipinski definition) is 0. The molecule has 1 aliphatic heterocycles. The first-order valence-corrected chi connectivity index (χ1v) is 8.69. The van der Waals surface area contributed by atoms with Gasteiger partial charge in [0.15, 0.2) is 11.6 Å². The van der Waals surface area contributed by atoms with Crippen LogP contribution in [0.2, 0.25) is 0 Å². The van der Waals surface area contributed by atoms with Crippen molar-refractivity contribution < 1.29 is 18.7 Å². The van der Waals surface area contributed by atoms with Gasteiger partial charge in [-0.3, -0.25) is 4.79 Å². The topological polar surface area (TPSA) is 38.8 Å². The number of methoxy groups -OCH3 is 1. The number of nitrogens with zero attached hydrogens (tertiary/aromatic N) is 1. The van der Waals surface area contributed by atoms with Crippen LogP contribution < -0.4 is 9.64 Å². The van der Waals surface area contributed by atoms with E-state index in [-0.39, 0.29) is 17.7 Å². The number of anilines is 1. The van der Waals surface area contributed by atoms with Gasteiger partial charge in [-0.1, -0.05) is 0 Å². The van der Waals surface area contributed by atoms with Gasteiger partial charge in [0.2, 0.25) is 0 Å². The Labute approximate surface area is 144 Å². The molecule has 2 heterocycles. The molecule has 1 aliphatic rings. The summed E-state index contributed by atoms with van der Waals surface area (Å²) in [6.45, 7) is 5.07. The minimum absolute atomic E-state index is 0.0966. The van der Waals surface area contributed by atoms with Gasteiger partial charge in [0.25, 0.3) is 5.91 Å². The van der Waals surface area contributed by atoms with Crippen LogP contribution in [0.4, 0.5) is 10.1 Å². The number of rotatable bonds is 4. The molecule has 1 amide bonds. The molecule has 6 heteroatoms. The highest BCUT2D eigenvalue weighted by atomic mass is 32.1. The standard InChI is InChI=1S/C18H20FNO3S/c1-11(2)20(13-4-5-15(22-3)14(19)9-13)18(21)17-8-12-10-23-7-6-16(12)24-17/h4-5,8-9,11H,6-7,10H2,1-3H3. The fourth-order valence-corrected chi connectivity index (χ4v) is 3.91. The molecule has 128 valence electrons. The van der Waals surface area contributed by atoms with Gasteiger partial charge < -0.3 is 14.4 Å². The smallest absolute Gasteiger partial charge is 0.268 e. The SMILES string of the molecule is COc1ccc(N(C(=O)c2cc3c(s2)CCOC3)C(C)C)cc1F. The number of ether oxygens (including phenoxy) is 2. The molecule has 0 bridgehead atoms. The van der Waals surface area contributed by atoms with E-state index in [2.05, 4.69) is 0 Å². The highest BCUT2D eigenvalue weighted by Gasteiger charge is 2.25. The molecule has 0 spiro atoms. The summed E-state index contributed by atoms with van der Waals surface area (Å²) in [7, 11) is 1.42. The number of carbonyl (C=O) groups is 1. The maximum Gasteiger partial charge on any atom is 0.268 e. The van der Waals surface area contributed by atoms with Crippen molar-refractivity contribution in [3.8, 4) is 5.75 Å². The van der Waals surface area contributed by atoms with Crippen molar-refractivity contribution in [3.05, 3.63) is 45.4 Å². The number of amides is 1. The lowest BCUT2D eigenvalue weighted by Gasteiger charge is -2.26. The summed E-state index contributed by atoms with van der Waals surface area (Å²) >= 11 is 1.51. The van der Waals surface area contributed by atoms with E-state index in [0.29, 0.717) is 23.8 Å². The van der Waals surface area contributed by atoms with Crippen molar-refractivity contribution in [1.29, 1.82) is 0 Å². The van der Waals surface area contributed by atoms with Crippen molar-refractivity contribution in [3.63, 3.8) is 0 Å². The summed E-state index contributed by atoms with van der Waals surface area (Å²) < 4.78 is 24.4. The highest BCUT2D eigenvalue weighted by molar-refractivity contribution is 7.14. The number of benzene rings is 1. The van der Waals surface area contributed by atoms with Crippen LogP contribution in [0, 0.1) is 5.82 Å². The number of halogens is 1. The zero-order valence-electron chi connectivity index (χ0n) is 14.0. The van der Waals surface area contributed by atoms with Crippen LogP contribution in [0.15, 0.2) is 24.3 Å². The molecule has 3 rings (SSSR count). The second-order valence-electron chi connectivity index (χ2n) is 5.95. The van der Waals surface area contributed by atoms with Crippen LogP contribution >= 0.6 is 11.3 Å². The fourth-order valence-electron chi connectivity index (χ4n) is 2.83. The third-order valence-corrected chi connectivity index (χ3v) is 5.21. The molecule has 2 aromatic rings. The largest absolute Gasteiger partial charge is 0.494 e. The average molecular weight is 349 g/mol. The van der Waals surface area contributed by atoms with E-state index in [0.717, 1.165) is 12.0 Å². The molecule has 0 saturated heterocycles. The Balaban J connectivity index is 1.94. The highest BCUT2D eigenvalue weighted by Crippen LogP contribution is 2.31. The van der Waals surface area contributed by atoms with Crippen molar-refractivity contribution in [1.82, 2.24) is 0 Å². The normalized spacial score (nSPS) is 13.7. The van der Waals surface area contributed by atoms with Crippen LogP contribution in [0.25, 0.3) is 0 Å². The van der Waals surface area contributed by atoms with Gasteiger partial charge in [-0.05, 0) is 37.6 Å². The van der Waals surface area contributed by atoms with Crippen molar-refractivity contribution >= 4 is 22.9 Å². The second kappa shape index (κ2) is 6.91. The minimum Gasteiger partial charge on any atom is -0.494 e. The molecule has 0 aliphatic carbocycles. The molecule has 0 atom stereocenters. The van der Waals surface area contributed by atoms with E-state index < -0.39 is 5.82 Å². The Morgan fingerprint density at radius 1 is 1.38 bits per heavy atom. The van der Waals surface area contributed by atoms with Crippen LogP contribution in [-0.4, -0.2) is 25.7 Å². The quantitative estimate of drug-likeness (QED) is 0.837. The monoisotopic (exact) mass is 349 g/mol. The molecule has 1 aromatic carbocycles. The average Bonchev–Trinajstić information content (AvgIpc) is 2.99. The summed E-state index contributed by atoms with van der Waals surface area (Å²) in [5.41, 5.74) is 1.61. The fraction of sp³-hybridized carbons (Fsp3) is 0.389. The number of fused-ring (bicyclic) bond motifs is 1. The Hall–Kier alpha value is -1.92. The van der Waals surface area contributed by atoms with E-state index in [1.54, 1.807) is 17.0 Å². The van der Waals surface area contributed by atoms with E-state index in [1.807, 2.05) is 19.9 Å². The summed E-state index contributed by atoms with van der Waals surface area (Å²) in [5, 5.41) is 0. The molecule has 0 radical (unpaired) electrons. The van der Waals surface area contributed by atoms with E-state index >= 15 is 0 Å². The van der Waals surface area contributed by atoms with Gasteiger partial charge in [-0.15, -0.1) is 11.3 Å². The van der Waals surface area contributed by atoms with Gasteiger partial charge in [0.1, 0.15) is 0 Å². The third kappa shape index (κ3) is 3.16.